The Morgan fingerprint density at radius 2 is 2.14 bits per heavy atom. The van der Waals surface area contributed by atoms with E-state index in [0.717, 1.165) is 12.2 Å². The van der Waals surface area contributed by atoms with Gasteiger partial charge in [-0.3, -0.25) is 0 Å². The van der Waals surface area contributed by atoms with Crippen molar-refractivity contribution in [3.05, 3.63) is 35.4 Å². The number of hydrogen-bond acceptors (Lipinski definition) is 1. The molecule has 1 aliphatic rings. The van der Waals surface area contributed by atoms with Crippen molar-refractivity contribution in [3.8, 4) is 6.07 Å². The molecule has 0 radical (unpaired) electrons. The van der Waals surface area contributed by atoms with Crippen LogP contribution >= 0.6 is 0 Å². The number of hydrogen-bond donors (Lipinski definition) is 0. The van der Waals surface area contributed by atoms with Crippen LogP contribution in [0.4, 0.5) is 0 Å². The first-order chi connectivity index (χ1) is 6.68. The van der Waals surface area contributed by atoms with E-state index < -0.39 is 0 Å². The van der Waals surface area contributed by atoms with Crippen LogP contribution in [0.2, 0.25) is 0 Å². The Morgan fingerprint density at radius 1 is 1.43 bits per heavy atom. The number of benzene rings is 1. The van der Waals surface area contributed by atoms with Gasteiger partial charge in [0, 0.05) is 29.8 Å². The molecule has 14 heavy (non-hydrogen) atoms. The molecule has 1 aliphatic heterocycles. The van der Waals surface area contributed by atoms with Gasteiger partial charge in [0.25, 0.3) is 0 Å². The van der Waals surface area contributed by atoms with Crippen molar-refractivity contribution in [1.82, 2.24) is 0 Å². The van der Waals surface area contributed by atoms with Crippen molar-refractivity contribution in [2.24, 2.45) is 0 Å². The Bertz CT molecular complexity index is 394. The average Bonchev–Trinajstić information content (AvgIpc) is 2.24. The van der Waals surface area contributed by atoms with E-state index in [1.54, 1.807) is 0 Å². The fourth-order valence-corrected chi connectivity index (χ4v) is 3.66. The van der Waals surface area contributed by atoms with Crippen LogP contribution in [0.3, 0.4) is 0 Å². The van der Waals surface area contributed by atoms with Gasteiger partial charge in [0.05, 0.1) is 6.26 Å². The second kappa shape index (κ2) is 3.33. The number of fused-ring (bicyclic) bond motifs is 1. The molecule has 0 saturated heterocycles. The van der Waals surface area contributed by atoms with E-state index in [1.807, 2.05) is 6.07 Å². The first kappa shape index (κ1) is 9.61. The highest BCUT2D eigenvalue weighted by molar-refractivity contribution is 7.97. The molecule has 2 heteroatoms. The molecular weight excluding hydrogens is 190 g/mol. The summed E-state index contributed by atoms with van der Waals surface area (Å²) in [6, 6.07) is 10.9. The average molecular weight is 204 g/mol. The topological polar surface area (TPSA) is 23.8 Å². The van der Waals surface area contributed by atoms with Crippen molar-refractivity contribution in [3.63, 3.8) is 0 Å². The Kier molecular flexibility index (Phi) is 2.28. The normalized spacial score (nSPS) is 30.5. The van der Waals surface area contributed by atoms with Crippen molar-refractivity contribution in [2.45, 2.75) is 18.1 Å². The molecule has 0 amide bonds. The minimum absolute atomic E-state index is 0.184. The van der Waals surface area contributed by atoms with Gasteiger partial charge in [-0.2, -0.15) is 5.26 Å². The molecule has 1 heterocycles. The van der Waals surface area contributed by atoms with Crippen molar-refractivity contribution < 1.29 is 0 Å². The highest BCUT2D eigenvalue weighted by atomic mass is 32.2. The van der Waals surface area contributed by atoms with Gasteiger partial charge >= 0.3 is 0 Å². The third kappa shape index (κ3) is 1.24. The summed E-state index contributed by atoms with van der Waals surface area (Å²) in [4.78, 5) is 0. The van der Waals surface area contributed by atoms with Crippen LogP contribution in [-0.2, 0) is 22.1 Å². The summed E-state index contributed by atoms with van der Waals surface area (Å²) in [6.07, 6.45) is 3.34. The molecule has 0 saturated carbocycles. The molecule has 2 atom stereocenters. The maximum Gasteiger partial charge on any atom is 0.234 e. The summed E-state index contributed by atoms with van der Waals surface area (Å²) in [7, 11) is 0.184. The van der Waals surface area contributed by atoms with Crippen LogP contribution in [0.1, 0.15) is 18.1 Å². The largest absolute Gasteiger partial charge is 0.234 e. The van der Waals surface area contributed by atoms with Gasteiger partial charge < -0.3 is 0 Å². The van der Waals surface area contributed by atoms with E-state index in [2.05, 4.69) is 37.4 Å². The molecule has 0 spiro atoms. The Hall–Kier alpha value is -0.940. The smallest absolute Gasteiger partial charge is 0.192 e. The minimum Gasteiger partial charge on any atom is -0.192 e. The van der Waals surface area contributed by atoms with E-state index in [-0.39, 0.29) is 15.6 Å². The van der Waals surface area contributed by atoms with Crippen LogP contribution in [0.25, 0.3) is 0 Å². The number of nitrogens with zero attached hydrogens (tertiary/aromatic N) is 1. The van der Waals surface area contributed by atoms with Gasteiger partial charge in [-0.05, 0) is 5.56 Å². The molecule has 0 aliphatic carbocycles. The third-order valence-electron chi connectivity index (χ3n) is 3.12. The van der Waals surface area contributed by atoms with Gasteiger partial charge in [0.15, 0.2) is 0 Å². The van der Waals surface area contributed by atoms with E-state index in [1.165, 1.54) is 11.1 Å². The zero-order chi connectivity index (χ0) is 10.2. The fraction of sp³-hybridized carbons (Fsp3) is 0.417. The molecule has 0 bridgehead atoms. The van der Waals surface area contributed by atoms with E-state index >= 15 is 0 Å². The summed E-state index contributed by atoms with van der Waals surface area (Å²) in [6.45, 7) is 2.08. The lowest BCUT2D eigenvalue weighted by Gasteiger charge is -2.28. The van der Waals surface area contributed by atoms with Crippen LogP contribution in [0, 0.1) is 11.3 Å². The van der Waals surface area contributed by atoms with Gasteiger partial charge in [0.1, 0.15) is 11.8 Å². The van der Waals surface area contributed by atoms with Crippen molar-refractivity contribution in [2.75, 3.05) is 12.0 Å². The molecule has 1 aromatic carbocycles. The zero-order valence-electron chi connectivity index (χ0n) is 8.58. The quantitative estimate of drug-likeness (QED) is 0.594. The van der Waals surface area contributed by atoms with Crippen molar-refractivity contribution in [1.29, 1.82) is 5.26 Å². The highest BCUT2D eigenvalue weighted by Crippen LogP contribution is 2.37. The molecule has 2 unspecified atom stereocenters. The van der Waals surface area contributed by atoms with Gasteiger partial charge in [0.2, 0.25) is 4.75 Å². The molecule has 1 aromatic rings. The monoisotopic (exact) mass is 204 g/mol. The Balaban J connectivity index is 2.59. The second-order valence-electron chi connectivity index (χ2n) is 3.89. The lowest BCUT2D eigenvalue weighted by molar-refractivity contribution is 0.833. The number of rotatable bonds is 0. The Morgan fingerprint density at radius 3 is 2.86 bits per heavy atom. The van der Waals surface area contributed by atoms with Gasteiger partial charge in [-0.1, -0.05) is 24.3 Å². The third-order valence-corrected chi connectivity index (χ3v) is 5.64. The zero-order valence-corrected chi connectivity index (χ0v) is 9.40. The molecular formula is C12H14NS+. The van der Waals surface area contributed by atoms with Crippen LogP contribution in [0.5, 0.6) is 0 Å². The molecule has 0 N–H and O–H groups in total. The standard InChI is InChI=1S/C12H14NS/c1-12(9-13)11-6-4-3-5-10(11)7-8-14(12)2/h3-6H,7-8H2,1-2H3/q+1. The summed E-state index contributed by atoms with van der Waals surface area (Å²) < 4.78 is -0.255. The van der Waals surface area contributed by atoms with E-state index in [9.17, 15) is 5.26 Å². The highest BCUT2D eigenvalue weighted by Gasteiger charge is 2.46. The van der Waals surface area contributed by atoms with Gasteiger partial charge in [-0.15, -0.1) is 0 Å². The van der Waals surface area contributed by atoms with E-state index in [0.29, 0.717) is 0 Å². The van der Waals surface area contributed by atoms with Crippen LogP contribution < -0.4 is 0 Å². The Labute approximate surface area is 88.1 Å². The van der Waals surface area contributed by atoms with Crippen LogP contribution in [-0.4, -0.2) is 12.0 Å². The van der Waals surface area contributed by atoms with Crippen molar-refractivity contribution >= 4 is 10.9 Å². The maximum atomic E-state index is 9.32. The molecule has 72 valence electrons. The fourth-order valence-electron chi connectivity index (χ4n) is 2.00. The SMILES string of the molecule is C[S+]1CCc2ccccc2C1(C)C#N. The predicted octanol–water partition coefficient (Wildman–Crippen LogP) is 2.23. The van der Waals surface area contributed by atoms with E-state index in [4.69, 9.17) is 0 Å². The minimum atomic E-state index is -0.255. The van der Waals surface area contributed by atoms with Crippen LogP contribution in [0.15, 0.2) is 24.3 Å². The molecule has 2 rings (SSSR count). The number of nitriles is 1. The first-order valence-corrected chi connectivity index (χ1v) is 6.61. The summed E-state index contributed by atoms with van der Waals surface area (Å²) in [5.41, 5.74) is 2.61. The summed E-state index contributed by atoms with van der Waals surface area (Å²) >= 11 is 0. The lowest BCUT2D eigenvalue weighted by Crippen LogP contribution is -2.37. The first-order valence-electron chi connectivity index (χ1n) is 4.81. The molecule has 1 nitrogen and oxygen atoms in total. The summed E-state index contributed by atoms with van der Waals surface area (Å²) in [5, 5.41) is 9.32. The second-order valence-corrected chi connectivity index (χ2v) is 6.39. The number of aryl methyl sites for hydroxylation is 1. The molecule has 0 aromatic heterocycles. The predicted molar refractivity (Wildman–Crippen MR) is 61.3 cm³/mol. The lowest BCUT2D eigenvalue weighted by atomic mass is 9.94. The van der Waals surface area contributed by atoms with Gasteiger partial charge in [-0.25, -0.2) is 0 Å². The maximum absolute atomic E-state index is 9.32. The summed E-state index contributed by atoms with van der Waals surface area (Å²) in [5.74, 6) is 1.15. The molecule has 0 fully saturated rings.